The number of para-hydroxylation sites is 1. The van der Waals surface area contributed by atoms with Crippen molar-refractivity contribution in [3.63, 3.8) is 0 Å². The summed E-state index contributed by atoms with van der Waals surface area (Å²) in [5, 5.41) is 8.39. The van der Waals surface area contributed by atoms with Gasteiger partial charge in [0.1, 0.15) is 17.0 Å². The summed E-state index contributed by atoms with van der Waals surface area (Å²) in [4.78, 5) is 19.1. The van der Waals surface area contributed by atoms with Crippen LogP contribution in [0.25, 0.3) is 44.7 Å². The van der Waals surface area contributed by atoms with Gasteiger partial charge < -0.3 is 9.88 Å². The average molecular weight is 413 g/mol. The Morgan fingerprint density at radius 2 is 1.87 bits per heavy atom. The fraction of sp³-hybridized carbons (Fsp3) is 0.217. The molecule has 0 amide bonds. The Bertz CT molecular complexity index is 1400. The van der Waals surface area contributed by atoms with E-state index >= 15 is 0 Å². The van der Waals surface area contributed by atoms with Crippen LogP contribution < -0.4 is 4.90 Å². The molecule has 0 aliphatic carbocycles. The number of imidazole rings is 1. The summed E-state index contributed by atoms with van der Waals surface area (Å²) in [5.74, 6) is 0.301. The van der Waals surface area contributed by atoms with E-state index in [0.29, 0.717) is 22.8 Å². The van der Waals surface area contributed by atoms with Crippen molar-refractivity contribution in [2.24, 2.45) is 0 Å². The van der Waals surface area contributed by atoms with E-state index in [1.165, 1.54) is 31.5 Å². The lowest BCUT2D eigenvalue weighted by atomic mass is 10.1. The van der Waals surface area contributed by atoms with Crippen molar-refractivity contribution in [1.82, 2.24) is 30.1 Å². The van der Waals surface area contributed by atoms with E-state index < -0.39 is 5.82 Å². The second-order valence-corrected chi connectivity index (χ2v) is 7.89. The number of pyridine rings is 2. The highest BCUT2D eigenvalue weighted by atomic mass is 19.1. The van der Waals surface area contributed by atoms with E-state index in [9.17, 15) is 4.39 Å². The molecule has 0 saturated carbocycles. The lowest BCUT2D eigenvalue weighted by molar-refractivity contribution is 0.579. The van der Waals surface area contributed by atoms with Crippen molar-refractivity contribution in [2.45, 2.75) is 19.3 Å². The first-order valence-electron chi connectivity index (χ1n) is 10.5. The summed E-state index contributed by atoms with van der Waals surface area (Å²) in [6, 6.07) is 9.56. The lowest BCUT2D eigenvalue weighted by Gasteiger charge is -2.28. The first-order chi connectivity index (χ1) is 15.3. The van der Waals surface area contributed by atoms with Crippen LogP contribution in [0, 0.1) is 5.82 Å². The van der Waals surface area contributed by atoms with Crippen LogP contribution in [0.2, 0.25) is 0 Å². The number of piperidine rings is 1. The third kappa shape index (κ3) is 3.11. The SMILES string of the molecule is Fc1cncc(-c2cc3c(-c4nc5c(N6CCCCC6)cccc5[nH]4)n[nH]c3cn2)c1. The van der Waals surface area contributed by atoms with Crippen LogP contribution in [0.4, 0.5) is 10.1 Å². The largest absolute Gasteiger partial charge is 0.370 e. The predicted octanol–water partition coefficient (Wildman–Crippen LogP) is 4.69. The second kappa shape index (κ2) is 7.16. The molecule has 0 radical (unpaired) electrons. The molecule has 1 aliphatic rings. The average Bonchev–Trinajstić information content (AvgIpc) is 3.43. The summed E-state index contributed by atoms with van der Waals surface area (Å²) in [6.45, 7) is 2.12. The fourth-order valence-corrected chi connectivity index (χ4v) is 4.33. The zero-order valence-corrected chi connectivity index (χ0v) is 16.8. The van der Waals surface area contributed by atoms with Crippen molar-refractivity contribution in [2.75, 3.05) is 18.0 Å². The number of halogens is 1. The Morgan fingerprint density at radius 1 is 0.968 bits per heavy atom. The van der Waals surface area contributed by atoms with Gasteiger partial charge in [0.05, 0.1) is 34.8 Å². The minimum Gasteiger partial charge on any atom is -0.370 e. The molecule has 7 nitrogen and oxygen atoms in total. The van der Waals surface area contributed by atoms with Crippen LogP contribution in [0.3, 0.4) is 0 Å². The van der Waals surface area contributed by atoms with E-state index in [4.69, 9.17) is 4.98 Å². The fourth-order valence-electron chi connectivity index (χ4n) is 4.33. The molecule has 0 atom stereocenters. The Hall–Kier alpha value is -3.81. The summed E-state index contributed by atoms with van der Waals surface area (Å²) in [6.07, 6.45) is 8.19. The van der Waals surface area contributed by atoms with Gasteiger partial charge in [0, 0.05) is 30.2 Å². The highest BCUT2D eigenvalue weighted by Gasteiger charge is 2.19. The quantitative estimate of drug-likeness (QED) is 0.448. The lowest BCUT2D eigenvalue weighted by Crippen LogP contribution is -2.29. The van der Waals surface area contributed by atoms with Gasteiger partial charge in [-0.3, -0.25) is 15.1 Å². The molecule has 5 heterocycles. The molecule has 154 valence electrons. The number of benzene rings is 1. The van der Waals surface area contributed by atoms with Crippen LogP contribution in [-0.4, -0.2) is 43.2 Å². The Balaban J connectivity index is 1.46. The third-order valence-corrected chi connectivity index (χ3v) is 5.86. The summed E-state index contributed by atoms with van der Waals surface area (Å²) >= 11 is 0. The smallest absolute Gasteiger partial charge is 0.159 e. The van der Waals surface area contributed by atoms with Gasteiger partial charge in [0.2, 0.25) is 0 Å². The maximum Gasteiger partial charge on any atom is 0.159 e. The Labute approximate surface area is 177 Å². The highest BCUT2D eigenvalue weighted by molar-refractivity contribution is 5.96. The molecule has 5 aromatic rings. The minimum absolute atomic E-state index is 0.394. The molecule has 0 spiro atoms. The van der Waals surface area contributed by atoms with Gasteiger partial charge in [-0.1, -0.05) is 6.07 Å². The Kier molecular flexibility index (Phi) is 4.15. The maximum absolute atomic E-state index is 13.6. The van der Waals surface area contributed by atoms with E-state index in [0.717, 1.165) is 40.7 Å². The van der Waals surface area contributed by atoms with Crippen LogP contribution in [0.5, 0.6) is 0 Å². The van der Waals surface area contributed by atoms with Gasteiger partial charge in [-0.2, -0.15) is 5.10 Å². The number of fused-ring (bicyclic) bond motifs is 2. The molecule has 1 saturated heterocycles. The number of aromatic nitrogens is 6. The molecule has 2 N–H and O–H groups in total. The van der Waals surface area contributed by atoms with Crippen molar-refractivity contribution in [3.05, 3.63) is 54.7 Å². The summed E-state index contributed by atoms with van der Waals surface area (Å²) < 4.78 is 13.6. The number of hydrogen-bond acceptors (Lipinski definition) is 5. The van der Waals surface area contributed by atoms with Crippen molar-refractivity contribution >= 4 is 27.6 Å². The monoisotopic (exact) mass is 413 g/mol. The van der Waals surface area contributed by atoms with Crippen LogP contribution in [0.1, 0.15) is 19.3 Å². The summed E-state index contributed by atoms with van der Waals surface area (Å²) in [7, 11) is 0. The normalized spacial score (nSPS) is 14.5. The zero-order chi connectivity index (χ0) is 20.8. The zero-order valence-electron chi connectivity index (χ0n) is 16.8. The van der Waals surface area contributed by atoms with Gasteiger partial charge >= 0.3 is 0 Å². The molecular formula is C23H20FN7. The minimum atomic E-state index is -0.394. The molecule has 0 unspecified atom stereocenters. The third-order valence-electron chi connectivity index (χ3n) is 5.86. The molecule has 4 aromatic heterocycles. The van der Waals surface area contributed by atoms with E-state index in [2.05, 4.69) is 42.2 Å². The molecule has 31 heavy (non-hydrogen) atoms. The van der Waals surface area contributed by atoms with Crippen LogP contribution >= 0.6 is 0 Å². The molecule has 1 fully saturated rings. The van der Waals surface area contributed by atoms with Gasteiger partial charge in [0.25, 0.3) is 0 Å². The number of rotatable bonds is 3. The van der Waals surface area contributed by atoms with Crippen molar-refractivity contribution in [1.29, 1.82) is 0 Å². The van der Waals surface area contributed by atoms with Crippen LogP contribution in [0.15, 0.2) is 48.9 Å². The first-order valence-corrected chi connectivity index (χ1v) is 10.5. The van der Waals surface area contributed by atoms with Crippen LogP contribution in [-0.2, 0) is 0 Å². The van der Waals surface area contributed by atoms with E-state index in [-0.39, 0.29) is 0 Å². The number of H-pyrrole nitrogens is 2. The number of aromatic amines is 2. The number of nitrogens with zero attached hydrogens (tertiary/aromatic N) is 5. The summed E-state index contributed by atoms with van der Waals surface area (Å²) in [5.41, 5.74) is 5.85. The van der Waals surface area contributed by atoms with Crippen molar-refractivity contribution in [3.8, 4) is 22.8 Å². The van der Waals surface area contributed by atoms with Gasteiger partial charge in [-0.05, 0) is 43.5 Å². The van der Waals surface area contributed by atoms with Gasteiger partial charge in [-0.15, -0.1) is 0 Å². The number of nitrogens with one attached hydrogen (secondary N) is 2. The molecule has 0 bridgehead atoms. The number of hydrogen-bond donors (Lipinski definition) is 2. The second-order valence-electron chi connectivity index (χ2n) is 7.89. The molecular weight excluding hydrogens is 393 g/mol. The maximum atomic E-state index is 13.6. The molecule has 1 aromatic carbocycles. The number of anilines is 1. The topological polar surface area (TPSA) is 86.4 Å². The molecule has 6 rings (SSSR count). The van der Waals surface area contributed by atoms with Gasteiger partial charge in [-0.25, -0.2) is 9.37 Å². The highest BCUT2D eigenvalue weighted by Crippen LogP contribution is 2.32. The molecule has 8 heteroatoms. The van der Waals surface area contributed by atoms with Gasteiger partial charge in [0.15, 0.2) is 5.82 Å². The predicted molar refractivity (Wildman–Crippen MR) is 118 cm³/mol. The molecule has 1 aliphatic heterocycles. The Morgan fingerprint density at radius 3 is 2.74 bits per heavy atom. The van der Waals surface area contributed by atoms with E-state index in [1.807, 2.05) is 12.1 Å². The standard InChI is InChI=1S/C23H20FN7/c24-15-9-14(11-25-12-15)18-10-16-19(13-26-18)29-30-21(16)23-27-17-5-4-6-20(22(17)28-23)31-7-2-1-3-8-31/h4-6,9-13H,1-3,7-8H2,(H,27,28)(H,29,30). The first kappa shape index (κ1) is 18.0. The van der Waals surface area contributed by atoms with E-state index in [1.54, 1.807) is 12.4 Å². The van der Waals surface area contributed by atoms with Crippen molar-refractivity contribution < 1.29 is 4.39 Å².